The molecular weight excluding hydrogens is 344 g/mol. The van der Waals surface area contributed by atoms with Gasteiger partial charge in [0, 0.05) is 17.5 Å². The zero-order valence-electron chi connectivity index (χ0n) is 15.0. The molecule has 7 heteroatoms. The Hall–Kier alpha value is -3.22. The van der Waals surface area contributed by atoms with Crippen LogP contribution in [0.4, 0.5) is 5.82 Å². The van der Waals surface area contributed by atoms with Crippen LogP contribution in [0.5, 0.6) is 5.88 Å². The summed E-state index contributed by atoms with van der Waals surface area (Å²) in [6.07, 6.45) is 3.01. The van der Waals surface area contributed by atoms with E-state index in [0.29, 0.717) is 17.5 Å². The van der Waals surface area contributed by atoms with Crippen LogP contribution in [0.15, 0.2) is 47.0 Å². The van der Waals surface area contributed by atoms with E-state index in [1.54, 1.807) is 12.1 Å². The molecule has 2 aromatic heterocycles. The van der Waals surface area contributed by atoms with Crippen LogP contribution in [0.2, 0.25) is 0 Å². The van der Waals surface area contributed by atoms with Crippen LogP contribution in [-0.4, -0.2) is 21.3 Å². The van der Waals surface area contributed by atoms with E-state index in [4.69, 9.17) is 9.26 Å². The van der Waals surface area contributed by atoms with Crippen LogP contribution in [0.3, 0.4) is 0 Å². The molecule has 3 aromatic rings. The van der Waals surface area contributed by atoms with E-state index in [1.807, 2.05) is 37.3 Å². The molecule has 0 aliphatic heterocycles. The predicted octanol–water partition coefficient (Wildman–Crippen LogP) is 3.76. The highest BCUT2D eigenvalue weighted by Gasteiger charge is 2.25. The van der Waals surface area contributed by atoms with E-state index in [0.717, 1.165) is 36.1 Å². The summed E-state index contributed by atoms with van der Waals surface area (Å²) in [5.74, 6) is 1.63. The van der Waals surface area contributed by atoms with Gasteiger partial charge in [-0.1, -0.05) is 41.9 Å². The van der Waals surface area contributed by atoms with Crippen molar-refractivity contribution < 1.29 is 14.1 Å². The molecule has 1 fully saturated rings. The lowest BCUT2D eigenvalue weighted by molar-refractivity contribution is -0.122. The minimum absolute atomic E-state index is 0.0109. The standard InChI is InChI=1S/C20H20N4O3/c1-13-16(19(24-27-13)14-6-3-2-4-7-14)12-26-18-11-10-17(22-23-18)21-20(25)15-8-5-9-15/h2-4,6-7,10-11,15H,5,8-9,12H2,1H3,(H,21,22,25). The Morgan fingerprint density at radius 2 is 2.00 bits per heavy atom. The van der Waals surface area contributed by atoms with Crippen LogP contribution in [0.1, 0.15) is 30.6 Å². The molecule has 2 heterocycles. The fourth-order valence-corrected chi connectivity index (χ4v) is 2.89. The van der Waals surface area contributed by atoms with Crippen molar-refractivity contribution in [1.29, 1.82) is 0 Å². The van der Waals surface area contributed by atoms with Gasteiger partial charge >= 0.3 is 0 Å². The van der Waals surface area contributed by atoms with E-state index in [9.17, 15) is 4.79 Å². The third-order valence-corrected chi connectivity index (χ3v) is 4.76. The summed E-state index contributed by atoms with van der Waals surface area (Å²) in [4.78, 5) is 11.9. The number of amides is 1. The summed E-state index contributed by atoms with van der Waals surface area (Å²) in [6, 6.07) is 13.2. The number of aromatic nitrogens is 3. The molecule has 1 aliphatic rings. The number of nitrogens with one attached hydrogen (secondary N) is 1. The van der Waals surface area contributed by atoms with Gasteiger partial charge in [0.05, 0.1) is 5.56 Å². The van der Waals surface area contributed by atoms with Gasteiger partial charge in [0.2, 0.25) is 11.8 Å². The number of carbonyl (C=O) groups is 1. The molecule has 0 radical (unpaired) electrons. The molecule has 1 saturated carbocycles. The molecule has 0 saturated heterocycles. The molecule has 0 unspecified atom stereocenters. The summed E-state index contributed by atoms with van der Waals surface area (Å²) in [5.41, 5.74) is 2.59. The van der Waals surface area contributed by atoms with E-state index in [-0.39, 0.29) is 18.4 Å². The number of aryl methyl sites for hydroxylation is 1. The molecule has 1 aliphatic carbocycles. The minimum atomic E-state index is 0.0109. The maximum absolute atomic E-state index is 11.9. The minimum Gasteiger partial charge on any atom is -0.472 e. The zero-order valence-corrected chi connectivity index (χ0v) is 15.0. The van der Waals surface area contributed by atoms with Crippen LogP contribution in [0.25, 0.3) is 11.3 Å². The van der Waals surface area contributed by atoms with Gasteiger partial charge in [-0.25, -0.2) is 0 Å². The number of anilines is 1. The van der Waals surface area contributed by atoms with E-state index in [2.05, 4.69) is 20.7 Å². The molecule has 0 atom stereocenters. The number of rotatable bonds is 6. The van der Waals surface area contributed by atoms with Gasteiger partial charge < -0.3 is 14.6 Å². The lowest BCUT2D eigenvalue weighted by Crippen LogP contribution is -2.28. The Morgan fingerprint density at radius 3 is 2.67 bits per heavy atom. The Labute approximate surface area is 156 Å². The average molecular weight is 364 g/mol. The van der Waals surface area contributed by atoms with Crippen molar-refractivity contribution in [3.8, 4) is 17.1 Å². The highest BCUT2D eigenvalue weighted by molar-refractivity contribution is 5.92. The van der Waals surface area contributed by atoms with Crippen LogP contribution < -0.4 is 10.1 Å². The number of hydrogen-bond donors (Lipinski definition) is 1. The highest BCUT2D eigenvalue weighted by Crippen LogP contribution is 2.28. The van der Waals surface area contributed by atoms with Crippen molar-refractivity contribution in [2.45, 2.75) is 32.8 Å². The summed E-state index contributed by atoms with van der Waals surface area (Å²) in [6.45, 7) is 2.12. The molecular formula is C20H20N4O3. The van der Waals surface area contributed by atoms with Gasteiger partial charge in [-0.05, 0) is 25.8 Å². The first-order valence-electron chi connectivity index (χ1n) is 8.98. The summed E-state index contributed by atoms with van der Waals surface area (Å²) >= 11 is 0. The van der Waals surface area contributed by atoms with Crippen LogP contribution >= 0.6 is 0 Å². The molecule has 27 heavy (non-hydrogen) atoms. The SMILES string of the molecule is Cc1onc(-c2ccccc2)c1COc1ccc(NC(=O)C2CCC2)nn1. The molecule has 0 bridgehead atoms. The van der Waals surface area contributed by atoms with Crippen molar-refractivity contribution in [1.82, 2.24) is 15.4 Å². The Kier molecular flexibility index (Phi) is 4.82. The predicted molar refractivity (Wildman–Crippen MR) is 99.0 cm³/mol. The van der Waals surface area contributed by atoms with Crippen molar-refractivity contribution in [2.24, 2.45) is 5.92 Å². The fourth-order valence-electron chi connectivity index (χ4n) is 2.89. The first-order chi connectivity index (χ1) is 13.2. The zero-order chi connectivity index (χ0) is 18.6. The number of nitrogens with zero attached hydrogens (tertiary/aromatic N) is 3. The molecule has 4 rings (SSSR count). The van der Waals surface area contributed by atoms with Gasteiger partial charge in [0.1, 0.15) is 18.1 Å². The second-order valence-electron chi connectivity index (χ2n) is 6.59. The monoisotopic (exact) mass is 364 g/mol. The maximum Gasteiger partial charge on any atom is 0.233 e. The van der Waals surface area contributed by atoms with Gasteiger partial charge in [-0.15, -0.1) is 10.2 Å². The normalized spacial score (nSPS) is 13.8. The molecule has 1 aromatic carbocycles. The third kappa shape index (κ3) is 3.81. The van der Waals surface area contributed by atoms with E-state index >= 15 is 0 Å². The second-order valence-corrected chi connectivity index (χ2v) is 6.59. The summed E-state index contributed by atoms with van der Waals surface area (Å²) < 4.78 is 11.1. The van der Waals surface area contributed by atoms with Crippen molar-refractivity contribution in [2.75, 3.05) is 5.32 Å². The lowest BCUT2D eigenvalue weighted by atomic mass is 9.85. The summed E-state index contributed by atoms with van der Waals surface area (Å²) in [5, 5.41) is 15.0. The van der Waals surface area contributed by atoms with Gasteiger partial charge in [-0.2, -0.15) is 0 Å². The first-order valence-corrected chi connectivity index (χ1v) is 8.98. The Bertz CT molecular complexity index is 918. The van der Waals surface area contributed by atoms with Crippen molar-refractivity contribution >= 4 is 11.7 Å². The highest BCUT2D eigenvalue weighted by atomic mass is 16.5. The van der Waals surface area contributed by atoms with Crippen LogP contribution in [-0.2, 0) is 11.4 Å². The van der Waals surface area contributed by atoms with Gasteiger partial charge in [0.25, 0.3) is 0 Å². The van der Waals surface area contributed by atoms with Crippen molar-refractivity contribution in [3.05, 3.63) is 53.8 Å². The van der Waals surface area contributed by atoms with Gasteiger partial charge in [-0.3, -0.25) is 4.79 Å². The third-order valence-electron chi connectivity index (χ3n) is 4.76. The largest absolute Gasteiger partial charge is 0.472 e. The fraction of sp³-hybridized carbons (Fsp3) is 0.300. The Balaban J connectivity index is 1.40. The smallest absolute Gasteiger partial charge is 0.233 e. The number of carbonyl (C=O) groups excluding carboxylic acids is 1. The quantitative estimate of drug-likeness (QED) is 0.716. The van der Waals surface area contributed by atoms with Crippen molar-refractivity contribution in [3.63, 3.8) is 0 Å². The molecule has 1 amide bonds. The topological polar surface area (TPSA) is 90.1 Å². The number of benzene rings is 1. The molecule has 138 valence electrons. The Morgan fingerprint density at radius 1 is 1.19 bits per heavy atom. The summed E-state index contributed by atoms with van der Waals surface area (Å²) in [7, 11) is 0. The second kappa shape index (κ2) is 7.57. The lowest BCUT2D eigenvalue weighted by Gasteiger charge is -2.23. The molecule has 7 nitrogen and oxygen atoms in total. The number of ether oxygens (including phenoxy) is 1. The number of hydrogen-bond acceptors (Lipinski definition) is 6. The van der Waals surface area contributed by atoms with Crippen LogP contribution in [0, 0.1) is 12.8 Å². The molecule has 1 N–H and O–H groups in total. The average Bonchev–Trinajstić information content (AvgIpc) is 3.01. The van der Waals surface area contributed by atoms with Gasteiger partial charge in [0.15, 0.2) is 5.82 Å². The van der Waals surface area contributed by atoms with E-state index in [1.165, 1.54) is 0 Å². The maximum atomic E-state index is 11.9. The van der Waals surface area contributed by atoms with E-state index < -0.39 is 0 Å². The first kappa shape index (κ1) is 17.2. The molecule has 0 spiro atoms.